The Morgan fingerprint density at radius 3 is 2.25 bits per heavy atom. The molecule has 6 heteroatoms. The van der Waals surface area contributed by atoms with Gasteiger partial charge in [-0.1, -0.05) is 27.2 Å². The minimum absolute atomic E-state index is 0. The lowest BCUT2D eigenvalue weighted by Gasteiger charge is -2.37. The molecule has 1 fully saturated rings. The number of unbranched alkanes of at least 4 members (excludes halogenated alkanes) is 1. The smallest absolute Gasteiger partial charge is 0.194 e. The van der Waals surface area contributed by atoms with Gasteiger partial charge in [-0.05, 0) is 31.6 Å². The summed E-state index contributed by atoms with van der Waals surface area (Å²) in [6, 6.07) is 0. The number of aliphatic imine (C=N–C) groups is 1. The van der Waals surface area contributed by atoms with Gasteiger partial charge in [0.05, 0.1) is 26.4 Å². The van der Waals surface area contributed by atoms with Gasteiger partial charge in [0.1, 0.15) is 0 Å². The summed E-state index contributed by atoms with van der Waals surface area (Å²) in [5, 5.41) is 3.41. The summed E-state index contributed by atoms with van der Waals surface area (Å²) in [5.74, 6) is 2.51. The molecule has 0 aliphatic carbocycles. The third-order valence-corrected chi connectivity index (χ3v) is 4.01. The molecule has 1 aliphatic rings. The fourth-order valence-electron chi connectivity index (χ4n) is 3.05. The summed E-state index contributed by atoms with van der Waals surface area (Å²) in [7, 11) is 0. The molecule has 1 aliphatic heterocycles. The maximum atomic E-state index is 5.59. The second-order valence-electron chi connectivity index (χ2n) is 6.66. The van der Waals surface area contributed by atoms with Crippen LogP contribution < -0.4 is 5.32 Å². The van der Waals surface area contributed by atoms with E-state index in [0.717, 1.165) is 50.5 Å². The molecule has 1 N–H and O–H groups in total. The molecular formula is C18H38IN3O2. The Kier molecular flexibility index (Phi) is 15.1. The van der Waals surface area contributed by atoms with E-state index in [1.165, 1.54) is 12.8 Å². The number of hydrogen-bond donors (Lipinski definition) is 1. The predicted molar refractivity (Wildman–Crippen MR) is 112 cm³/mol. The highest BCUT2D eigenvalue weighted by Crippen LogP contribution is 2.20. The minimum Gasteiger partial charge on any atom is -0.379 e. The van der Waals surface area contributed by atoms with Crippen molar-refractivity contribution in [1.82, 2.24) is 10.2 Å². The normalized spacial score (nSPS) is 21.5. The largest absolute Gasteiger partial charge is 0.379 e. The van der Waals surface area contributed by atoms with E-state index >= 15 is 0 Å². The molecule has 144 valence electrons. The van der Waals surface area contributed by atoms with Crippen molar-refractivity contribution in [3.63, 3.8) is 0 Å². The maximum Gasteiger partial charge on any atom is 0.194 e. The molecule has 1 heterocycles. The fourth-order valence-corrected chi connectivity index (χ4v) is 3.05. The van der Waals surface area contributed by atoms with Crippen LogP contribution in [-0.4, -0.2) is 63.5 Å². The lowest BCUT2D eigenvalue weighted by Crippen LogP contribution is -2.48. The molecule has 0 saturated carbocycles. The summed E-state index contributed by atoms with van der Waals surface area (Å²) < 4.78 is 11.1. The van der Waals surface area contributed by atoms with Crippen molar-refractivity contribution in [1.29, 1.82) is 0 Å². The highest BCUT2D eigenvalue weighted by atomic mass is 127. The Morgan fingerprint density at radius 1 is 1.04 bits per heavy atom. The molecule has 24 heavy (non-hydrogen) atoms. The van der Waals surface area contributed by atoms with E-state index in [-0.39, 0.29) is 24.0 Å². The van der Waals surface area contributed by atoms with Crippen LogP contribution in [-0.2, 0) is 9.47 Å². The van der Waals surface area contributed by atoms with Gasteiger partial charge in [-0.25, -0.2) is 0 Å². The average Bonchev–Trinajstić information content (AvgIpc) is 2.51. The lowest BCUT2D eigenvalue weighted by atomic mass is 9.92. The Bertz CT molecular complexity index is 319. The third-order valence-electron chi connectivity index (χ3n) is 4.01. The van der Waals surface area contributed by atoms with Gasteiger partial charge in [0.2, 0.25) is 0 Å². The van der Waals surface area contributed by atoms with Crippen molar-refractivity contribution in [2.45, 2.75) is 47.0 Å². The number of piperidine rings is 1. The minimum atomic E-state index is 0. The van der Waals surface area contributed by atoms with Gasteiger partial charge in [-0.15, -0.1) is 24.0 Å². The van der Waals surface area contributed by atoms with Crippen LogP contribution in [0.4, 0.5) is 0 Å². The highest BCUT2D eigenvalue weighted by molar-refractivity contribution is 14.0. The topological polar surface area (TPSA) is 46.1 Å². The molecule has 0 aromatic rings. The number of hydrogen-bond acceptors (Lipinski definition) is 3. The quantitative estimate of drug-likeness (QED) is 0.238. The molecule has 2 unspecified atom stereocenters. The Hall–Kier alpha value is -0.0800. The molecule has 0 spiro atoms. The number of nitrogens with zero attached hydrogens (tertiary/aromatic N) is 2. The number of ether oxygens (including phenoxy) is 2. The zero-order valence-electron chi connectivity index (χ0n) is 16.1. The second-order valence-corrected chi connectivity index (χ2v) is 6.66. The number of halogens is 1. The van der Waals surface area contributed by atoms with Gasteiger partial charge in [-0.3, -0.25) is 4.99 Å². The molecule has 2 atom stereocenters. The number of guanidine groups is 1. The first-order valence-electron chi connectivity index (χ1n) is 9.36. The highest BCUT2D eigenvalue weighted by Gasteiger charge is 2.23. The van der Waals surface area contributed by atoms with Gasteiger partial charge in [-0.2, -0.15) is 0 Å². The van der Waals surface area contributed by atoms with E-state index in [2.05, 4.69) is 37.9 Å². The van der Waals surface area contributed by atoms with Crippen LogP contribution in [0, 0.1) is 11.8 Å². The van der Waals surface area contributed by atoms with Crippen LogP contribution in [0.15, 0.2) is 4.99 Å². The van der Waals surface area contributed by atoms with E-state index in [0.29, 0.717) is 26.4 Å². The first-order chi connectivity index (χ1) is 11.2. The van der Waals surface area contributed by atoms with Crippen molar-refractivity contribution in [3.05, 3.63) is 0 Å². The zero-order chi connectivity index (χ0) is 16.9. The van der Waals surface area contributed by atoms with Gasteiger partial charge < -0.3 is 19.7 Å². The maximum absolute atomic E-state index is 5.59. The van der Waals surface area contributed by atoms with Crippen LogP contribution in [0.5, 0.6) is 0 Å². The van der Waals surface area contributed by atoms with Crippen molar-refractivity contribution in [3.8, 4) is 0 Å². The zero-order valence-corrected chi connectivity index (χ0v) is 18.4. The molecular weight excluding hydrogens is 417 g/mol. The Balaban J connectivity index is 0.00000529. The van der Waals surface area contributed by atoms with Crippen LogP contribution in [0.3, 0.4) is 0 Å². The van der Waals surface area contributed by atoms with Gasteiger partial charge in [0.15, 0.2) is 5.96 Å². The summed E-state index contributed by atoms with van der Waals surface area (Å²) in [5.41, 5.74) is 0. The van der Waals surface area contributed by atoms with Gasteiger partial charge in [0, 0.05) is 26.2 Å². The fraction of sp³-hybridized carbons (Fsp3) is 0.944. The molecule has 0 bridgehead atoms. The van der Waals surface area contributed by atoms with Crippen LogP contribution in [0.2, 0.25) is 0 Å². The molecule has 0 radical (unpaired) electrons. The summed E-state index contributed by atoms with van der Waals surface area (Å²) in [4.78, 5) is 7.12. The molecule has 0 amide bonds. The standard InChI is InChI=1S/C18H37N3O2.HI/c1-5-7-9-22-11-12-23-10-8-20-18(19-6-2)21-14-16(3)13-17(4)15-21;/h16-17H,5-15H2,1-4H3,(H,19,20);1H. The van der Waals surface area contributed by atoms with E-state index in [9.17, 15) is 0 Å². The van der Waals surface area contributed by atoms with Crippen LogP contribution in [0.1, 0.15) is 47.0 Å². The van der Waals surface area contributed by atoms with Crippen molar-refractivity contribution in [2.75, 3.05) is 52.6 Å². The molecule has 0 aromatic carbocycles. The molecule has 1 rings (SSSR count). The van der Waals surface area contributed by atoms with E-state index in [1.807, 2.05) is 0 Å². The van der Waals surface area contributed by atoms with Gasteiger partial charge >= 0.3 is 0 Å². The molecule has 5 nitrogen and oxygen atoms in total. The summed E-state index contributed by atoms with van der Waals surface area (Å²) in [6.45, 7) is 15.6. The van der Waals surface area contributed by atoms with Gasteiger partial charge in [0.25, 0.3) is 0 Å². The van der Waals surface area contributed by atoms with Crippen molar-refractivity contribution in [2.24, 2.45) is 16.8 Å². The molecule has 1 saturated heterocycles. The third kappa shape index (κ3) is 10.7. The number of rotatable bonds is 10. The monoisotopic (exact) mass is 455 g/mol. The average molecular weight is 455 g/mol. The summed E-state index contributed by atoms with van der Waals surface area (Å²) >= 11 is 0. The number of likely N-dealkylation sites (tertiary alicyclic amines) is 1. The van der Waals surface area contributed by atoms with E-state index < -0.39 is 0 Å². The first-order valence-corrected chi connectivity index (χ1v) is 9.36. The Morgan fingerprint density at radius 2 is 1.67 bits per heavy atom. The van der Waals surface area contributed by atoms with E-state index in [1.54, 1.807) is 0 Å². The Labute approximate surface area is 166 Å². The second kappa shape index (κ2) is 15.2. The van der Waals surface area contributed by atoms with E-state index in [4.69, 9.17) is 14.5 Å². The van der Waals surface area contributed by atoms with Crippen molar-refractivity contribution >= 4 is 29.9 Å². The van der Waals surface area contributed by atoms with Crippen LogP contribution >= 0.6 is 24.0 Å². The SMILES string of the molecule is CCCCOCCOCCN=C(NCC)N1CC(C)CC(C)C1.I. The van der Waals surface area contributed by atoms with Crippen LogP contribution in [0.25, 0.3) is 0 Å². The van der Waals surface area contributed by atoms with Crippen molar-refractivity contribution < 1.29 is 9.47 Å². The summed E-state index contributed by atoms with van der Waals surface area (Å²) in [6.07, 6.45) is 3.62. The number of nitrogens with one attached hydrogen (secondary N) is 1. The first kappa shape index (κ1) is 23.9. The molecule has 0 aromatic heterocycles. The lowest BCUT2D eigenvalue weighted by molar-refractivity contribution is 0.0497. The predicted octanol–water partition coefficient (Wildman–Crippen LogP) is 3.38.